The summed E-state index contributed by atoms with van der Waals surface area (Å²) >= 11 is 0. The molecule has 0 aliphatic carbocycles. The lowest BCUT2D eigenvalue weighted by atomic mass is 10.3. The summed E-state index contributed by atoms with van der Waals surface area (Å²) in [7, 11) is 1.84. The Hall–Kier alpha value is -1.62. The van der Waals surface area contributed by atoms with Gasteiger partial charge >= 0.3 is 0 Å². The van der Waals surface area contributed by atoms with E-state index in [1.807, 2.05) is 20.2 Å². The van der Waals surface area contributed by atoms with Gasteiger partial charge in [-0.3, -0.25) is 9.48 Å². The molecule has 0 spiro atoms. The molecule has 0 aromatic carbocycles. The van der Waals surface area contributed by atoms with Crippen LogP contribution >= 0.6 is 0 Å². The van der Waals surface area contributed by atoms with Gasteiger partial charge in [-0.1, -0.05) is 13.0 Å². The SMILES string of the molecule is C=CCNCC(=O)Nc1cn(C)nc1CC. The number of aryl methyl sites for hydroxylation is 2. The van der Waals surface area contributed by atoms with Gasteiger partial charge in [-0.25, -0.2) is 0 Å². The van der Waals surface area contributed by atoms with Crippen molar-refractivity contribution in [2.75, 3.05) is 18.4 Å². The van der Waals surface area contributed by atoms with Gasteiger partial charge in [0.1, 0.15) is 0 Å². The van der Waals surface area contributed by atoms with Crippen molar-refractivity contribution in [2.24, 2.45) is 7.05 Å². The third-order valence-corrected chi connectivity index (χ3v) is 2.09. The van der Waals surface area contributed by atoms with Crippen LogP contribution in [0.3, 0.4) is 0 Å². The fourth-order valence-corrected chi connectivity index (χ4v) is 1.38. The zero-order valence-electron chi connectivity index (χ0n) is 9.79. The lowest BCUT2D eigenvalue weighted by Crippen LogP contribution is -2.28. The number of nitrogens with zero attached hydrogens (tertiary/aromatic N) is 2. The van der Waals surface area contributed by atoms with Gasteiger partial charge in [-0.2, -0.15) is 5.10 Å². The summed E-state index contributed by atoms with van der Waals surface area (Å²) in [6.07, 6.45) is 4.33. The van der Waals surface area contributed by atoms with Crippen LogP contribution in [0, 0.1) is 0 Å². The fourth-order valence-electron chi connectivity index (χ4n) is 1.38. The first kappa shape index (κ1) is 12.4. The maximum Gasteiger partial charge on any atom is 0.238 e. The van der Waals surface area contributed by atoms with Crippen LogP contribution in [0.5, 0.6) is 0 Å². The number of carbonyl (C=O) groups is 1. The van der Waals surface area contributed by atoms with Crippen molar-refractivity contribution < 1.29 is 4.79 Å². The highest BCUT2D eigenvalue weighted by Crippen LogP contribution is 2.12. The molecular formula is C11H18N4O. The second-order valence-corrected chi connectivity index (χ2v) is 3.48. The smallest absolute Gasteiger partial charge is 0.238 e. The van der Waals surface area contributed by atoms with E-state index in [1.165, 1.54) is 0 Å². The van der Waals surface area contributed by atoms with Crippen molar-refractivity contribution in [2.45, 2.75) is 13.3 Å². The van der Waals surface area contributed by atoms with Gasteiger partial charge in [0.2, 0.25) is 5.91 Å². The van der Waals surface area contributed by atoms with E-state index in [0.29, 0.717) is 6.54 Å². The Labute approximate surface area is 95.5 Å². The second-order valence-electron chi connectivity index (χ2n) is 3.48. The Morgan fingerprint density at radius 2 is 2.44 bits per heavy atom. The zero-order chi connectivity index (χ0) is 12.0. The summed E-state index contributed by atoms with van der Waals surface area (Å²) in [4.78, 5) is 11.5. The van der Waals surface area contributed by atoms with Crippen LogP contribution in [0.15, 0.2) is 18.9 Å². The summed E-state index contributed by atoms with van der Waals surface area (Å²) in [5, 5.41) is 10.0. The van der Waals surface area contributed by atoms with Gasteiger partial charge in [0.15, 0.2) is 0 Å². The van der Waals surface area contributed by atoms with Crippen LogP contribution in [0.4, 0.5) is 5.69 Å². The minimum atomic E-state index is -0.0652. The minimum Gasteiger partial charge on any atom is -0.322 e. The normalized spacial score (nSPS) is 10.1. The average molecular weight is 222 g/mol. The summed E-state index contributed by atoms with van der Waals surface area (Å²) < 4.78 is 1.70. The molecule has 0 saturated carbocycles. The molecule has 0 aliphatic heterocycles. The number of rotatable bonds is 6. The van der Waals surface area contributed by atoms with Crippen molar-refractivity contribution >= 4 is 11.6 Å². The molecule has 0 fully saturated rings. The zero-order valence-corrected chi connectivity index (χ0v) is 9.79. The van der Waals surface area contributed by atoms with E-state index in [4.69, 9.17) is 0 Å². The number of nitrogens with one attached hydrogen (secondary N) is 2. The molecule has 0 atom stereocenters. The van der Waals surface area contributed by atoms with Crippen LogP contribution in [0.2, 0.25) is 0 Å². The molecule has 0 bridgehead atoms. The van der Waals surface area contributed by atoms with E-state index < -0.39 is 0 Å². The summed E-state index contributed by atoms with van der Waals surface area (Å²) in [5.74, 6) is -0.0652. The summed E-state index contributed by atoms with van der Waals surface area (Å²) in [6.45, 7) is 6.48. The fraction of sp³-hybridized carbons (Fsp3) is 0.455. The first-order chi connectivity index (χ1) is 7.67. The lowest BCUT2D eigenvalue weighted by molar-refractivity contribution is -0.115. The van der Waals surface area contributed by atoms with Crippen molar-refractivity contribution in [3.05, 3.63) is 24.5 Å². The van der Waals surface area contributed by atoms with E-state index >= 15 is 0 Å². The number of aromatic nitrogens is 2. The molecule has 0 unspecified atom stereocenters. The van der Waals surface area contributed by atoms with Crippen molar-refractivity contribution in [3.63, 3.8) is 0 Å². The van der Waals surface area contributed by atoms with Crippen LogP contribution in [0.1, 0.15) is 12.6 Å². The van der Waals surface area contributed by atoms with Crippen LogP contribution in [-0.2, 0) is 18.3 Å². The highest BCUT2D eigenvalue weighted by atomic mass is 16.1. The molecule has 5 nitrogen and oxygen atoms in total. The number of anilines is 1. The summed E-state index contributed by atoms with van der Waals surface area (Å²) in [5.41, 5.74) is 1.69. The van der Waals surface area contributed by atoms with Gasteiger partial charge in [-0.15, -0.1) is 6.58 Å². The Morgan fingerprint density at radius 3 is 3.06 bits per heavy atom. The van der Waals surface area contributed by atoms with Gasteiger partial charge < -0.3 is 10.6 Å². The van der Waals surface area contributed by atoms with Gasteiger partial charge in [0, 0.05) is 19.8 Å². The molecule has 16 heavy (non-hydrogen) atoms. The molecule has 0 saturated heterocycles. The molecule has 1 aromatic rings. The second kappa shape index (κ2) is 6.07. The van der Waals surface area contributed by atoms with Crippen molar-refractivity contribution in [1.29, 1.82) is 0 Å². The van der Waals surface area contributed by atoms with E-state index in [9.17, 15) is 4.79 Å². The molecule has 1 rings (SSSR count). The van der Waals surface area contributed by atoms with Gasteiger partial charge in [-0.05, 0) is 6.42 Å². The minimum absolute atomic E-state index is 0.0652. The number of hydrogen-bond donors (Lipinski definition) is 2. The average Bonchev–Trinajstić information content (AvgIpc) is 2.59. The lowest BCUT2D eigenvalue weighted by Gasteiger charge is -2.04. The quantitative estimate of drug-likeness (QED) is 0.550. The topological polar surface area (TPSA) is 59.0 Å². The highest BCUT2D eigenvalue weighted by molar-refractivity contribution is 5.92. The van der Waals surface area contributed by atoms with Crippen LogP contribution in [-0.4, -0.2) is 28.8 Å². The number of carbonyl (C=O) groups excluding carboxylic acids is 1. The Balaban J connectivity index is 2.51. The van der Waals surface area contributed by atoms with Crippen molar-refractivity contribution in [1.82, 2.24) is 15.1 Å². The first-order valence-electron chi connectivity index (χ1n) is 5.31. The van der Waals surface area contributed by atoms with Gasteiger partial charge in [0.05, 0.1) is 17.9 Å². The van der Waals surface area contributed by atoms with E-state index in [2.05, 4.69) is 22.3 Å². The molecule has 2 N–H and O–H groups in total. The van der Waals surface area contributed by atoms with Crippen molar-refractivity contribution in [3.8, 4) is 0 Å². The van der Waals surface area contributed by atoms with E-state index in [0.717, 1.165) is 17.8 Å². The highest BCUT2D eigenvalue weighted by Gasteiger charge is 2.08. The molecule has 0 aliphatic rings. The summed E-state index contributed by atoms with van der Waals surface area (Å²) in [6, 6.07) is 0. The van der Waals surface area contributed by atoms with E-state index in [1.54, 1.807) is 10.8 Å². The predicted octanol–water partition coefficient (Wildman–Crippen LogP) is 0.697. The third kappa shape index (κ3) is 3.51. The third-order valence-electron chi connectivity index (χ3n) is 2.09. The molecule has 88 valence electrons. The standard InChI is InChI=1S/C11H18N4O/c1-4-6-12-7-11(16)13-10-8-15(3)14-9(10)5-2/h4,8,12H,1,5-7H2,2-3H3,(H,13,16). The van der Waals surface area contributed by atoms with E-state index in [-0.39, 0.29) is 12.5 Å². The molecule has 1 aromatic heterocycles. The van der Waals surface area contributed by atoms with Crippen LogP contribution in [0.25, 0.3) is 0 Å². The number of hydrogen-bond acceptors (Lipinski definition) is 3. The van der Waals surface area contributed by atoms with Crippen LogP contribution < -0.4 is 10.6 Å². The largest absolute Gasteiger partial charge is 0.322 e. The molecule has 1 heterocycles. The molecule has 0 radical (unpaired) electrons. The number of amides is 1. The van der Waals surface area contributed by atoms with Gasteiger partial charge in [0.25, 0.3) is 0 Å². The maximum absolute atomic E-state index is 11.5. The monoisotopic (exact) mass is 222 g/mol. The molecular weight excluding hydrogens is 204 g/mol. The molecule has 5 heteroatoms. The predicted molar refractivity (Wildman–Crippen MR) is 64.3 cm³/mol. The Morgan fingerprint density at radius 1 is 1.69 bits per heavy atom. The molecule has 1 amide bonds. The first-order valence-corrected chi connectivity index (χ1v) is 5.31. The Bertz CT molecular complexity index is 370. The Kier molecular flexibility index (Phi) is 4.72. The maximum atomic E-state index is 11.5.